The number of thiol groups is 1. The summed E-state index contributed by atoms with van der Waals surface area (Å²) < 4.78 is 11.6. The van der Waals surface area contributed by atoms with Gasteiger partial charge in [0.05, 0.1) is 5.25 Å². The highest BCUT2D eigenvalue weighted by molar-refractivity contribution is 7.80. The Hall–Kier alpha value is -2.27. The van der Waals surface area contributed by atoms with Crippen LogP contribution in [0.15, 0.2) is 45.2 Å². The van der Waals surface area contributed by atoms with Crippen LogP contribution in [-0.2, 0) is 0 Å². The molecule has 0 spiro atoms. The van der Waals surface area contributed by atoms with Crippen molar-refractivity contribution in [1.29, 1.82) is 0 Å². The zero-order chi connectivity index (χ0) is 16.8. The highest BCUT2D eigenvalue weighted by Crippen LogP contribution is 2.30. The average Bonchev–Trinajstić information content (AvgIpc) is 3.17. The van der Waals surface area contributed by atoms with Gasteiger partial charge in [0.25, 0.3) is 0 Å². The molecule has 0 radical (unpaired) electrons. The number of fused-ring (bicyclic) bond motifs is 2. The van der Waals surface area contributed by atoms with Crippen molar-refractivity contribution in [2.24, 2.45) is 0 Å². The number of rotatable bonds is 3. The first-order chi connectivity index (χ1) is 11.5. The van der Waals surface area contributed by atoms with E-state index in [1.165, 1.54) is 0 Å². The summed E-state index contributed by atoms with van der Waals surface area (Å²) in [6, 6.07) is 12.1. The molecule has 2 aromatic carbocycles. The lowest BCUT2D eigenvalue weighted by molar-refractivity contribution is 0.501. The Morgan fingerprint density at radius 2 is 1.46 bits per heavy atom. The molecule has 0 aliphatic rings. The van der Waals surface area contributed by atoms with E-state index in [1.54, 1.807) is 0 Å². The molecule has 2 heterocycles. The lowest BCUT2D eigenvalue weighted by atomic mass is 10.0. The van der Waals surface area contributed by atoms with Crippen LogP contribution in [0.4, 0.5) is 0 Å². The SMILES string of the molecule is CC(C)c1nc2cc(-c3ccc4nc(C(C)S)oc4c3)ccc2o1. The van der Waals surface area contributed by atoms with Crippen molar-refractivity contribution < 1.29 is 8.83 Å². The molecule has 2 aromatic heterocycles. The summed E-state index contributed by atoms with van der Waals surface area (Å²) >= 11 is 4.38. The molecule has 4 rings (SSSR count). The van der Waals surface area contributed by atoms with Gasteiger partial charge in [0.15, 0.2) is 17.1 Å². The van der Waals surface area contributed by atoms with E-state index in [1.807, 2.05) is 43.3 Å². The van der Waals surface area contributed by atoms with Gasteiger partial charge in [-0.2, -0.15) is 12.6 Å². The molecule has 1 atom stereocenters. The molecule has 0 bridgehead atoms. The van der Waals surface area contributed by atoms with Gasteiger partial charge >= 0.3 is 0 Å². The molecule has 24 heavy (non-hydrogen) atoms. The van der Waals surface area contributed by atoms with Gasteiger partial charge < -0.3 is 8.83 Å². The van der Waals surface area contributed by atoms with Gasteiger partial charge in [-0.15, -0.1) is 0 Å². The average molecular weight is 338 g/mol. The zero-order valence-corrected chi connectivity index (χ0v) is 14.7. The summed E-state index contributed by atoms with van der Waals surface area (Å²) in [6.45, 7) is 6.09. The maximum absolute atomic E-state index is 5.79. The van der Waals surface area contributed by atoms with Crippen LogP contribution in [0.25, 0.3) is 33.3 Å². The number of oxazole rings is 2. The maximum atomic E-state index is 5.79. The minimum atomic E-state index is -0.0261. The molecule has 0 aliphatic heterocycles. The molecule has 122 valence electrons. The van der Waals surface area contributed by atoms with Crippen molar-refractivity contribution in [3.8, 4) is 11.1 Å². The minimum absolute atomic E-state index is 0.0261. The second-order valence-corrected chi connectivity index (χ2v) is 7.07. The van der Waals surface area contributed by atoms with E-state index >= 15 is 0 Å². The van der Waals surface area contributed by atoms with Crippen molar-refractivity contribution in [1.82, 2.24) is 9.97 Å². The molecule has 1 unspecified atom stereocenters. The van der Waals surface area contributed by atoms with Crippen molar-refractivity contribution in [3.63, 3.8) is 0 Å². The smallest absolute Gasteiger partial charge is 0.208 e. The number of hydrogen-bond acceptors (Lipinski definition) is 5. The van der Waals surface area contributed by atoms with Crippen LogP contribution >= 0.6 is 12.6 Å². The van der Waals surface area contributed by atoms with Gasteiger partial charge in [-0.25, -0.2) is 9.97 Å². The van der Waals surface area contributed by atoms with E-state index in [9.17, 15) is 0 Å². The summed E-state index contributed by atoms with van der Waals surface area (Å²) in [5.74, 6) is 1.67. The second kappa shape index (κ2) is 5.67. The monoisotopic (exact) mass is 338 g/mol. The van der Waals surface area contributed by atoms with E-state index in [2.05, 4.69) is 36.4 Å². The van der Waals surface area contributed by atoms with E-state index in [4.69, 9.17) is 8.83 Å². The molecule has 4 nitrogen and oxygen atoms in total. The van der Waals surface area contributed by atoms with Crippen LogP contribution in [0.1, 0.15) is 43.7 Å². The van der Waals surface area contributed by atoms with Gasteiger partial charge in [-0.05, 0) is 42.3 Å². The van der Waals surface area contributed by atoms with Crippen LogP contribution in [0.5, 0.6) is 0 Å². The predicted molar refractivity (Wildman–Crippen MR) is 98.5 cm³/mol. The van der Waals surface area contributed by atoms with Gasteiger partial charge in [-0.3, -0.25) is 0 Å². The third kappa shape index (κ3) is 2.59. The Labute approximate surface area is 145 Å². The molecule has 0 fully saturated rings. The van der Waals surface area contributed by atoms with Crippen LogP contribution in [0, 0.1) is 0 Å². The Morgan fingerprint density at radius 1 is 0.792 bits per heavy atom. The van der Waals surface area contributed by atoms with Crippen LogP contribution in [-0.4, -0.2) is 9.97 Å². The van der Waals surface area contributed by atoms with E-state index in [-0.39, 0.29) is 11.2 Å². The fourth-order valence-electron chi connectivity index (χ4n) is 2.67. The normalized spacial score (nSPS) is 13.2. The third-order valence-electron chi connectivity index (χ3n) is 3.99. The quantitative estimate of drug-likeness (QED) is 0.483. The first-order valence-corrected chi connectivity index (χ1v) is 8.52. The van der Waals surface area contributed by atoms with Crippen molar-refractivity contribution in [2.45, 2.75) is 31.9 Å². The molecule has 0 saturated heterocycles. The Bertz CT molecular complexity index is 946. The van der Waals surface area contributed by atoms with E-state index in [0.29, 0.717) is 5.89 Å². The Morgan fingerprint density at radius 3 is 2.21 bits per heavy atom. The number of benzene rings is 2. The van der Waals surface area contributed by atoms with Crippen molar-refractivity contribution >= 4 is 34.8 Å². The minimum Gasteiger partial charge on any atom is -0.440 e. The number of hydrogen-bond donors (Lipinski definition) is 1. The first-order valence-electron chi connectivity index (χ1n) is 8.00. The number of nitrogens with zero attached hydrogens (tertiary/aromatic N) is 2. The Kier molecular flexibility index (Phi) is 3.61. The topological polar surface area (TPSA) is 52.1 Å². The van der Waals surface area contributed by atoms with Crippen LogP contribution in [0.2, 0.25) is 0 Å². The first kappa shape index (κ1) is 15.3. The summed E-state index contributed by atoms with van der Waals surface area (Å²) in [5.41, 5.74) is 5.44. The summed E-state index contributed by atoms with van der Waals surface area (Å²) in [7, 11) is 0. The van der Waals surface area contributed by atoms with Gasteiger partial charge in [0, 0.05) is 5.92 Å². The molecule has 4 aromatic rings. The fourth-order valence-corrected chi connectivity index (χ4v) is 2.78. The lowest BCUT2D eigenvalue weighted by Gasteiger charge is -2.00. The summed E-state index contributed by atoms with van der Waals surface area (Å²) in [5, 5.41) is -0.0261. The summed E-state index contributed by atoms with van der Waals surface area (Å²) in [4.78, 5) is 9.02. The Balaban J connectivity index is 1.79. The van der Waals surface area contributed by atoms with E-state index < -0.39 is 0 Å². The highest BCUT2D eigenvalue weighted by atomic mass is 32.1. The van der Waals surface area contributed by atoms with Crippen molar-refractivity contribution in [2.75, 3.05) is 0 Å². The van der Waals surface area contributed by atoms with Crippen LogP contribution < -0.4 is 0 Å². The molecule has 0 amide bonds. The predicted octanol–water partition coefficient (Wildman–Crippen LogP) is 5.75. The van der Waals surface area contributed by atoms with Gasteiger partial charge in [-0.1, -0.05) is 26.0 Å². The fraction of sp³-hybridized carbons (Fsp3) is 0.263. The lowest BCUT2D eigenvalue weighted by Crippen LogP contribution is -1.84. The molecular formula is C19H18N2O2S. The standard InChI is InChI=1S/C19H18N2O2S/c1-10(2)18-21-15-8-12(5-7-16(15)22-18)13-4-6-14-17(9-13)23-19(20-14)11(3)24/h4-11,24H,1-3H3. The van der Waals surface area contributed by atoms with Crippen LogP contribution in [0.3, 0.4) is 0 Å². The number of aromatic nitrogens is 2. The molecule has 0 saturated carbocycles. The molecule has 5 heteroatoms. The molecule has 0 N–H and O–H groups in total. The largest absolute Gasteiger partial charge is 0.440 e. The molecule has 0 aliphatic carbocycles. The summed E-state index contributed by atoms with van der Waals surface area (Å²) in [6.07, 6.45) is 0. The second-order valence-electron chi connectivity index (χ2n) is 6.30. The van der Waals surface area contributed by atoms with Gasteiger partial charge in [0.1, 0.15) is 11.0 Å². The molecular weight excluding hydrogens is 320 g/mol. The maximum Gasteiger partial charge on any atom is 0.208 e. The van der Waals surface area contributed by atoms with E-state index in [0.717, 1.165) is 39.2 Å². The van der Waals surface area contributed by atoms with Crippen molar-refractivity contribution in [3.05, 3.63) is 48.2 Å². The third-order valence-corrected chi connectivity index (χ3v) is 4.21. The highest BCUT2D eigenvalue weighted by Gasteiger charge is 2.13. The van der Waals surface area contributed by atoms with Gasteiger partial charge in [0.2, 0.25) is 5.89 Å². The zero-order valence-electron chi connectivity index (χ0n) is 13.8.